The van der Waals surface area contributed by atoms with Crippen molar-refractivity contribution < 1.29 is 44.1 Å². The Kier molecular flexibility index (Phi) is 11.8. The van der Waals surface area contributed by atoms with Gasteiger partial charge in [-0.25, -0.2) is 4.79 Å². The van der Waals surface area contributed by atoms with Crippen LogP contribution in [0.4, 0.5) is 0 Å². The van der Waals surface area contributed by atoms with Gasteiger partial charge in [0, 0.05) is 19.3 Å². The summed E-state index contributed by atoms with van der Waals surface area (Å²) in [5.74, 6) is -5.76. The highest BCUT2D eigenvalue weighted by atomic mass is 16.4. The van der Waals surface area contributed by atoms with Crippen LogP contribution >= 0.6 is 0 Å². The monoisotopic (exact) mass is 509 g/mol. The van der Waals surface area contributed by atoms with Crippen LogP contribution in [0.1, 0.15) is 38.2 Å². The summed E-state index contributed by atoms with van der Waals surface area (Å²) in [6.07, 6.45) is -1.15. The van der Waals surface area contributed by atoms with Gasteiger partial charge in [0.05, 0.1) is 6.04 Å². The van der Waals surface area contributed by atoms with Gasteiger partial charge in [0.1, 0.15) is 23.9 Å². The number of aromatic hydroxyl groups is 1. The molecule has 0 aromatic heterocycles. The number of amides is 4. The summed E-state index contributed by atoms with van der Waals surface area (Å²) in [4.78, 5) is 70.9. The smallest absolute Gasteiger partial charge is 0.326 e. The third kappa shape index (κ3) is 10.8. The predicted molar refractivity (Wildman–Crippen MR) is 124 cm³/mol. The average molecular weight is 510 g/mol. The van der Waals surface area contributed by atoms with E-state index in [1.165, 1.54) is 31.2 Å². The molecule has 0 bridgehead atoms. The molecule has 14 nitrogen and oxygen atoms in total. The maximum absolute atomic E-state index is 12.9. The molecule has 0 fully saturated rings. The second kappa shape index (κ2) is 14.3. The zero-order chi connectivity index (χ0) is 27.4. The molecule has 36 heavy (non-hydrogen) atoms. The molecule has 0 aliphatic carbocycles. The highest BCUT2D eigenvalue weighted by Crippen LogP contribution is 2.12. The highest BCUT2D eigenvalue weighted by Gasteiger charge is 2.29. The van der Waals surface area contributed by atoms with Crippen molar-refractivity contribution in [3.05, 3.63) is 29.8 Å². The number of benzene rings is 1. The number of rotatable bonds is 15. The summed E-state index contributed by atoms with van der Waals surface area (Å²) in [6, 6.07) is 0.626. The maximum Gasteiger partial charge on any atom is 0.326 e. The Hall–Kier alpha value is -4.20. The Labute approximate surface area is 206 Å². The molecule has 1 rings (SSSR count). The third-order valence-electron chi connectivity index (χ3n) is 5.06. The molecular weight excluding hydrogens is 478 g/mol. The molecule has 4 atom stereocenters. The van der Waals surface area contributed by atoms with Gasteiger partial charge in [-0.3, -0.25) is 24.0 Å². The number of nitrogens with two attached hydrogens (primary N) is 2. The SMILES string of the molecule is CC(NC(=O)C(N)CCC(=O)O)C(=O)NC(Cc1ccc(O)cc1)C(=O)NC(CCC(N)=O)C(=O)O. The number of phenolic OH excluding ortho intramolecular Hbond substituents is 1. The molecule has 1 aromatic carbocycles. The van der Waals surface area contributed by atoms with E-state index in [9.17, 15) is 39.0 Å². The molecule has 0 radical (unpaired) electrons. The number of phenols is 1. The molecular formula is C22H31N5O9. The van der Waals surface area contributed by atoms with Gasteiger partial charge in [0.2, 0.25) is 23.6 Å². The van der Waals surface area contributed by atoms with Crippen LogP contribution in [0.2, 0.25) is 0 Å². The Morgan fingerprint density at radius 3 is 1.94 bits per heavy atom. The van der Waals surface area contributed by atoms with Crippen LogP contribution in [0, 0.1) is 0 Å². The zero-order valence-corrected chi connectivity index (χ0v) is 19.6. The lowest BCUT2D eigenvalue weighted by molar-refractivity contribution is -0.142. The van der Waals surface area contributed by atoms with E-state index in [0.29, 0.717) is 5.56 Å². The predicted octanol–water partition coefficient (Wildman–Crippen LogP) is -2.05. The van der Waals surface area contributed by atoms with Crippen molar-refractivity contribution in [2.75, 3.05) is 0 Å². The van der Waals surface area contributed by atoms with Gasteiger partial charge in [0.25, 0.3) is 0 Å². The fourth-order valence-corrected chi connectivity index (χ4v) is 2.99. The number of carbonyl (C=O) groups is 6. The number of nitrogens with one attached hydrogen (secondary N) is 3. The first kappa shape index (κ1) is 29.8. The molecule has 14 heteroatoms. The number of aliphatic carboxylic acids is 2. The van der Waals surface area contributed by atoms with Gasteiger partial charge < -0.3 is 42.7 Å². The van der Waals surface area contributed by atoms with E-state index in [1.54, 1.807) is 0 Å². The van der Waals surface area contributed by atoms with Gasteiger partial charge in [-0.05, 0) is 37.5 Å². The molecule has 4 unspecified atom stereocenters. The normalized spacial score (nSPS) is 13.9. The Bertz CT molecular complexity index is 967. The summed E-state index contributed by atoms with van der Waals surface area (Å²) < 4.78 is 0. The Morgan fingerprint density at radius 2 is 1.42 bits per heavy atom. The quantitative estimate of drug-likeness (QED) is 0.128. The van der Waals surface area contributed by atoms with E-state index < -0.39 is 59.7 Å². The minimum Gasteiger partial charge on any atom is -0.508 e. The van der Waals surface area contributed by atoms with Gasteiger partial charge >= 0.3 is 11.9 Å². The van der Waals surface area contributed by atoms with Crippen molar-refractivity contribution in [1.29, 1.82) is 0 Å². The first-order valence-electron chi connectivity index (χ1n) is 11.0. The van der Waals surface area contributed by atoms with Crippen molar-refractivity contribution in [3.8, 4) is 5.75 Å². The van der Waals surface area contributed by atoms with Gasteiger partial charge in [-0.2, -0.15) is 0 Å². The Balaban J connectivity index is 2.95. The lowest BCUT2D eigenvalue weighted by Gasteiger charge is -2.24. The molecule has 0 saturated heterocycles. The van der Waals surface area contributed by atoms with Gasteiger partial charge in [-0.15, -0.1) is 0 Å². The van der Waals surface area contributed by atoms with Gasteiger partial charge in [0.15, 0.2) is 0 Å². The summed E-state index contributed by atoms with van der Waals surface area (Å²) in [7, 11) is 0. The summed E-state index contributed by atoms with van der Waals surface area (Å²) in [5, 5.41) is 34.5. The van der Waals surface area contributed by atoms with Crippen molar-refractivity contribution in [3.63, 3.8) is 0 Å². The second-order valence-corrected chi connectivity index (χ2v) is 8.11. The van der Waals surface area contributed by atoms with Crippen molar-refractivity contribution in [1.82, 2.24) is 16.0 Å². The van der Waals surface area contributed by atoms with Crippen LogP contribution in [0.5, 0.6) is 5.75 Å². The average Bonchev–Trinajstić information content (AvgIpc) is 2.80. The fraction of sp³-hybridized carbons (Fsp3) is 0.455. The van der Waals surface area contributed by atoms with Crippen molar-refractivity contribution in [2.24, 2.45) is 11.5 Å². The topological polar surface area (TPSA) is 251 Å². The third-order valence-corrected chi connectivity index (χ3v) is 5.06. The second-order valence-electron chi connectivity index (χ2n) is 8.11. The first-order chi connectivity index (χ1) is 16.8. The van der Waals surface area contributed by atoms with Crippen LogP contribution in [0.3, 0.4) is 0 Å². The fourth-order valence-electron chi connectivity index (χ4n) is 2.99. The number of primary amides is 1. The molecule has 10 N–H and O–H groups in total. The van der Waals surface area contributed by atoms with E-state index in [-0.39, 0.29) is 37.9 Å². The van der Waals surface area contributed by atoms with E-state index in [2.05, 4.69) is 16.0 Å². The van der Waals surface area contributed by atoms with Gasteiger partial charge in [-0.1, -0.05) is 12.1 Å². The minimum absolute atomic E-state index is 0.0308. The van der Waals surface area contributed by atoms with Crippen molar-refractivity contribution >= 4 is 35.6 Å². The summed E-state index contributed by atoms with van der Waals surface area (Å²) in [6.45, 7) is 1.32. The maximum atomic E-state index is 12.9. The van der Waals surface area contributed by atoms with E-state index in [4.69, 9.17) is 16.6 Å². The molecule has 0 aliphatic rings. The summed E-state index contributed by atoms with van der Waals surface area (Å²) >= 11 is 0. The van der Waals surface area contributed by atoms with Crippen LogP contribution in [0.25, 0.3) is 0 Å². The van der Waals surface area contributed by atoms with E-state index in [1.807, 2.05) is 0 Å². The van der Waals surface area contributed by atoms with E-state index >= 15 is 0 Å². The lowest BCUT2D eigenvalue weighted by atomic mass is 10.0. The molecule has 0 heterocycles. The minimum atomic E-state index is -1.45. The van der Waals surface area contributed by atoms with Crippen LogP contribution < -0.4 is 27.4 Å². The molecule has 198 valence electrons. The molecule has 0 spiro atoms. The Morgan fingerprint density at radius 1 is 0.833 bits per heavy atom. The van der Waals surface area contributed by atoms with Crippen LogP contribution in [-0.4, -0.2) is 75.1 Å². The molecule has 0 aliphatic heterocycles. The number of carbonyl (C=O) groups excluding carboxylic acids is 4. The largest absolute Gasteiger partial charge is 0.508 e. The summed E-state index contributed by atoms with van der Waals surface area (Å²) in [5.41, 5.74) is 11.2. The van der Waals surface area contributed by atoms with E-state index in [0.717, 1.165) is 0 Å². The number of hydrogen-bond acceptors (Lipinski definition) is 8. The highest BCUT2D eigenvalue weighted by molar-refractivity contribution is 5.94. The zero-order valence-electron chi connectivity index (χ0n) is 19.6. The molecule has 0 saturated carbocycles. The number of carboxylic acid groups (broad SMARTS) is 2. The first-order valence-corrected chi connectivity index (χ1v) is 11.0. The number of carboxylic acids is 2. The van der Waals surface area contributed by atoms with Crippen molar-refractivity contribution in [2.45, 2.75) is 63.2 Å². The number of hydrogen-bond donors (Lipinski definition) is 8. The molecule has 1 aromatic rings. The van der Waals surface area contributed by atoms with Crippen LogP contribution in [-0.2, 0) is 35.2 Å². The van der Waals surface area contributed by atoms with Crippen LogP contribution in [0.15, 0.2) is 24.3 Å². The lowest BCUT2D eigenvalue weighted by Crippen LogP contribution is -2.57. The molecule has 4 amide bonds. The standard InChI is InChI=1S/C22H31N5O9/c1-11(25-20(33)14(23)6-9-18(30)31)19(32)27-16(10-12-2-4-13(28)5-3-12)21(34)26-15(22(35)36)7-8-17(24)29/h2-5,11,14-16,28H,6-10,23H2,1H3,(H2,24,29)(H,25,33)(H,26,34)(H,27,32)(H,30,31)(H,35,36).